The molecule has 2 aromatic rings. The molecule has 2 aliphatic rings. The summed E-state index contributed by atoms with van der Waals surface area (Å²) in [7, 11) is -3.36. The quantitative estimate of drug-likeness (QED) is 0.314. The Bertz CT molecular complexity index is 1140. The molecule has 1 aromatic heterocycles. The lowest BCUT2D eigenvalue weighted by molar-refractivity contribution is 0.0984. The number of fused-ring (bicyclic) bond motifs is 1. The first-order valence-electron chi connectivity index (χ1n) is 10.6. The summed E-state index contributed by atoms with van der Waals surface area (Å²) in [6.45, 7) is 6.29. The van der Waals surface area contributed by atoms with E-state index in [2.05, 4.69) is 45.0 Å². The summed E-state index contributed by atoms with van der Waals surface area (Å²) >= 11 is 2.12. The number of carbonyl (C=O) groups excluding carboxylic acids is 1. The van der Waals surface area contributed by atoms with E-state index in [1.807, 2.05) is 19.1 Å². The highest BCUT2D eigenvalue weighted by Gasteiger charge is 2.34. The number of aromatic nitrogens is 2. The third-order valence-electron chi connectivity index (χ3n) is 5.57. The van der Waals surface area contributed by atoms with Crippen molar-refractivity contribution in [3.8, 4) is 11.4 Å². The molecule has 4 rings (SSSR count). The molecule has 1 fully saturated rings. The second kappa shape index (κ2) is 9.68. The summed E-state index contributed by atoms with van der Waals surface area (Å²) in [4.78, 5) is 23.7. The Morgan fingerprint density at radius 1 is 1.24 bits per heavy atom. The molecule has 2 aliphatic heterocycles. The zero-order valence-electron chi connectivity index (χ0n) is 18.7. The van der Waals surface area contributed by atoms with Gasteiger partial charge >= 0.3 is 6.03 Å². The molecule has 10 nitrogen and oxygen atoms in total. The van der Waals surface area contributed by atoms with E-state index in [0.717, 1.165) is 22.6 Å². The van der Waals surface area contributed by atoms with E-state index < -0.39 is 10.0 Å². The molecule has 2 amide bonds. The maximum absolute atomic E-state index is 12.2. The minimum absolute atomic E-state index is 0.00851. The Morgan fingerprint density at radius 2 is 1.97 bits per heavy atom. The highest BCUT2D eigenvalue weighted by atomic mass is 127. The standard InChI is InChI=1S/C21H27IN6O4S/c1-13-12-32-9-8-28(13)20-17-10-27(33(3,30)31)11-18(17)25-19(26-20)15-4-6-16(7-5-15)24-21(29)23-14(2)22/h4-7,13-14H,8-12H2,1-3H3,(H2,23,24,29). The lowest BCUT2D eigenvalue weighted by atomic mass is 10.1. The second-order valence-corrected chi connectivity index (χ2v) is 12.1. The summed E-state index contributed by atoms with van der Waals surface area (Å²) in [5, 5.41) is 5.57. The van der Waals surface area contributed by atoms with Gasteiger partial charge in [0.2, 0.25) is 10.0 Å². The molecule has 0 saturated carbocycles. The van der Waals surface area contributed by atoms with E-state index in [4.69, 9.17) is 14.7 Å². The summed E-state index contributed by atoms with van der Waals surface area (Å²) in [5.41, 5.74) is 3.00. The van der Waals surface area contributed by atoms with E-state index in [9.17, 15) is 13.2 Å². The normalized spacial score (nSPS) is 19.8. The number of benzene rings is 1. The van der Waals surface area contributed by atoms with Gasteiger partial charge in [-0.25, -0.2) is 23.2 Å². The van der Waals surface area contributed by atoms with Gasteiger partial charge in [0.25, 0.3) is 0 Å². The van der Waals surface area contributed by atoms with Crippen LogP contribution in [0.2, 0.25) is 0 Å². The van der Waals surface area contributed by atoms with Crippen molar-refractivity contribution in [2.24, 2.45) is 0 Å². The number of carbonyl (C=O) groups is 1. The average Bonchev–Trinajstić information content (AvgIpc) is 3.18. The predicted octanol–water partition coefficient (Wildman–Crippen LogP) is 2.55. The van der Waals surface area contributed by atoms with Crippen LogP contribution in [-0.2, 0) is 27.8 Å². The predicted molar refractivity (Wildman–Crippen MR) is 135 cm³/mol. The van der Waals surface area contributed by atoms with Crippen molar-refractivity contribution in [1.82, 2.24) is 19.6 Å². The number of halogens is 1. The first-order valence-corrected chi connectivity index (χ1v) is 13.7. The van der Waals surface area contributed by atoms with Crippen LogP contribution in [0.5, 0.6) is 0 Å². The molecular formula is C21H27IN6O4S. The Hall–Kier alpha value is -2.03. The minimum Gasteiger partial charge on any atom is -0.377 e. The number of hydrogen-bond donors (Lipinski definition) is 2. The molecule has 1 aromatic carbocycles. The molecule has 2 N–H and O–H groups in total. The Morgan fingerprint density at radius 3 is 2.61 bits per heavy atom. The first-order chi connectivity index (χ1) is 15.6. The first kappa shape index (κ1) is 24.1. The highest BCUT2D eigenvalue weighted by molar-refractivity contribution is 14.1. The number of ether oxygens (including phenoxy) is 1. The van der Waals surface area contributed by atoms with Gasteiger partial charge in [-0.1, -0.05) is 22.6 Å². The maximum atomic E-state index is 12.2. The van der Waals surface area contributed by atoms with Crippen LogP contribution in [0.1, 0.15) is 25.1 Å². The Kier molecular flexibility index (Phi) is 7.07. The number of nitrogens with one attached hydrogen (secondary N) is 2. The van der Waals surface area contributed by atoms with Crippen LogP contribution < -0.4 is 15.5 Å². The fourth-order valence-corrected chi connectivity index (χ4v) is 4.91. The van der Waals surface area contributed by atoms with Crippen molar-refractivity contribution in [3.63, 3.8) is 0 Å². The fourth-order valence-electron chi connectivity index (χ4n) is 3.90. The van der Waals surface area contributed by atoms with E-state index >= 15 is 0 Å². The van der Waals surface area contributed by atoms with Gasteiger partial charge in [0, 0.05) is 29.9 Å². The van der Waals surface area contributed by atoms with Crippen LogP contribution in [0, 0.1) is 0 Å². The maximum Gasteiger partial charge on any atom is 0.320 e. The topological polar surface area (TPSA) is 117 Å². The number of morpholine rings is 1. The second-order valence-electron chi connectivity index (χ2n) is 8.24. The van der Waals surface area contributed by atoms with Crippen LogP contribution in [0.4, 0.5) is 16.3 Å². The summed E-state index contributed by atoms with van der Waals surface area (Å²) in [6.07, 6.45) is 1.21. The number of sulfonamides is 1. The summed E-state index contributed by atoms with van der Waals surface area (Å²) < 4.78 is 31.4. The zero-order chi connectivity index (χ0) is 23.8. The van der Waals surface area contributed by atoms with Gasteiger partial charge in [-0.3, -0.25) is 0 Å². The molecule has 12 heteroatoms. The Balaban J connectivity index is 1.67. The molecule has 0 spiro atoms. The zero-order valence-corrected chi connectivity index (χ0v) is 21.7. The van der Waals surface area contributed by atoms with Crippen molar-refractivity contribution < 1.29 is 17.9 Å². The van der Waals surface area contributed by atoms with Gasteiger partial charge in [0.05, 0.1) is 41.8 Å². The number of anilines is 2. The fraction of sp³-hybridized carbons (Fsp3) is 0.476. The van der Waals surface area contributed by atoms with Crippen molar-refractivity contribution >= 4 is 50.2 Å². The molecular weight excluding hydrogens is 559 g/mol. The highest BCUT2D eigenvalue weighted by Crippen LogP contribution is 2.34. The van der Waals surface area contributed by atoms with Crippen molar-refractivity contribution in [1.29, 1.82) is 0 Å². The van der Waals surface area contributed by atoms with Gasteiger partial charge in [-0.2, -0.15) is 4.31 Å². The number of amides is 2. The smallest absolute Gasteiger partial charge is 0.320 e. The number of rotatable bonds is 5. The molecule has 0 aliphatic carbocycles. The van der Waals surface area contributed by atoms with Gasteiger partial charge < -0.3 is 20.3 Å². The van der Waals surface area contributed by atoms with Gasteiger partial charge in [0.15, 0.2) is 5.82 Å². The van der Waals surface area contributed by atoms with Crippen LogP contribution in [0.25, 0.3) is 11.4 Å². The molecule has 1 saturated heterocycles. The van der Waals surface area contributed by atoms with E-state index in [1.165, 1.54) is 10.6 Å². The van der Waals surface area contributed by atoms with E-state index in [0.29, 0.717) is 31.3 Å². The van der Waals surface area contributed by atoms with Crippen molar-refractivity contribution in [2.45, 2.75) is 37.0 Å². The largest absolute Gasteiger partial charge is 0.377 e. The lowest BCUT2D eigenvalue weighted by Gasteiger charge is -2.35. The van der Waals surface area contributed by atoms with Crippen LogP contribution in [0.15, 0.2) is 24.3 Å². The van der Waals surface area contributed by atoms with Crippen LogP contribution >= 0.6 is 22.6 Å². The van der Waals surface area contributed by atoms with E-state index in [1.54, 1.807) is 12.1 Å². The molecule has 178 valence electrons. The molecule has 3 heterocycles. The average molecular weight is 586 g/mol. The van der Waals surface area contributed by atoms with Crippen molar-refractivity contribution in [3.05, 3.63) is 35.5 Å². The van der Waals surface area contributed by atoms with Crippen LogP contribution in [0.3, 0.4) is 0 Å². The monoisotopic (exact) mass is 586 g/mol. The van der Waals surface area contributed by atoms with Gasteiger partial charge in [-0.05, 0) is 38.1 Å². The van der Waals surface area contributed by atoms with Gasteiger partial charge in [-0.15, -0.1) is 0 Å². The van der Waals surface area contributed by atoms with Gasteiger partial charge in [0.1, 0.15) is 5.82 Å². The summed E-state index contributed by atoms with van der Waals surface area (Å²) in [6, 6.07) is 7.12. The Labute approximate surface area is 207 Å². The number of hydrogen-bond acceptors (Lipinski definition) is 7. The number of nitrogens with zero attached hydrogens (tertiary/aromatic N) is 4. The molecule has 2 unspecified atom stereocenters. The molecule has 0 bridgehead atoms. The third-order valence-corrected chi connectivity index (χ3v) is 7.08. The minimum atomic E-state index is -3.36. The van der Waals surface area contributed by atoms with E-state index in [-0.39, 0.29) is 29.2 Å². The molecule has 33 heavy (non-hydrogen) atoms. The number of alkyl halides is 1. The third kappa shape index (κ3) is 5.55. The molecule has 0 radical (unpaired) electrons. The molecule has 2 atom stereocenters. The SMILES string of the molecule is CC(I)NC(=O)Nc1ccc(-c2nc3c(c(N4CCOCC4C)n2)CN(S(C)(=O)=O)C3)cc1. The number of urea groups is 1. The van der Waals surface area contributed by atoms with Crippen molar-refractivity contribution in [2.75, 3.05) is 36.2 Å². The van der Waals surface area contributed by atoms with Crippen LogP contribution in [-0.4, -0.2) is 64.8 Å². The lowest BCUT2D eigenvalue weighted by Crippen LogP contribution is -2.44. The summed E-state index contributed by atoms with van der Waals surface area (Å²) in [5.74, 6) is 1.28.